The predicted octanol–water partition coefficient (Wildman–Crippen LogP) is 5.00. The third kappa shape index (κ3) is 3.44. The average molecular weight is 363 g/mol. The van der Waals surface area contributed by atoms with Crippen LogP contribution in [-0.4, -0.2) is 5.11 Å². The fourth-order valence-corrected chi connectivity index (χ4v) is 2.30. The van der Waals surface area contributed by atoms with Crippen LogP contribution in [0.5, 0.6) is 0 Å². The Balaban J connectivity index is 2.38. The summed E-state index contributed by atoms with van der Waals surface area (Å²) < 4.78 is 51.8. The zero-order chi connectivity index (χ0) is 15.8. The van der Waals surface area contributed by atoms with Crippen molar-refractivity contribution in [2.45, 2.75) is 19.2 Å². The number of halogens is 5. The van der Waals surface area contributed by atoms with Crippen LogP contribution >= 0.6 is 15.9 Å². The second-order valence-electron chi connectivity index (χ2n) is 4.65. The third-order valence-electron chi connectivity index (χ3n) is 3.13. The zero-order valence-electron chi connectivity index (χ0n) is 10.9. The molecule has 0 aliphatic carbocycles. The number of benzene rings is 2. The molecule has 112 valence electrons. The van der Waals surface area contributed by atoms with Gasteiger partial charge in [0.2, 0.25) is 0 Å². The van der Waals surface area contributed by atoms with Crippen molar-refractivity contribution in [2.75, 3.05) is 0 Å². The van der Waals surface area contributed by atoms with E-state index in [1.165, 1.54) is 0 Å². The van der Waals surface area contributed by atoms with Gasteiger partial charge in [0.05, 0.1) is 5.56 Å². The van der Waals surface area contributed by atoms with Crippen LogP contribution in [0, 0.1) is 12.7 Å². The molecule has 1 atom stereocenters. The first-order valence-electron chi connectivity index (χ1n) is 6.01. The molecule has 1 nitrogen and oxygen atoms in total. The fraction of sp³-hybridized carbons (Fsp3) is 0.200. The maximum atomic E-state index is 13.5. The highest BCUT2D eigenvalue weighted by Gasteiger charge is 2.34. The van der Waals surface area contributed by atoms with E-state index in [9.17, 15) is 22.7 Å². The lowest BCUT2D eigenvalue weighted by Crippen LogP contribution is -2.09. The topological polar surface area (TPSA) is 20.2 Å². The summed E-state index contributed by atoms with van der Waals surface area (Å²) >= 11 is 3.31. The van der Waals surface area contributed by atoms with Crippen molar-refractivity contribution in [1.82, 2.24) is 0 Å². The van der Waals surface area contributed by atoms with Gasteiger partial charge in [0.15, 0.2) is 0 Å². The van der Waals surface area contributed by atoms with E-state index >= 15 is 0 Å². The zero-order valence-corrected chi connectivity index (χ0v) is 12.5. The van der Waals surface area contributed by atoms with Crippen LogP contribution in [0.1, 0.15) is 28.4 Å². The summed E-state index contributed by atoms with van der Waals surface area (Å²) in [6.07, 6.45) is -5.95. The van der Waals surface area contributed by atoms with E-state index in [0.717, 1.165) is 16.1 Å². The van der Waals surface area contributed by atoms with Crippen molar-refractivity contribution in [2.24, 2.45) is 0 Å². The van der Waals surface area contributed by atoms with Gasteiger partial charge in [-0.3, -0.25) is 0 Å². The highest BCUT2D eigenvalue weighted by molar-refractivity contribution is 9.10. The molecule has 2 aromatic rings. The average Bonchev–Trinajstić information content (AvgIpc) is 2.39. The molecule has 2 aromatic carbocycles. The molecule has 0 radical (unpaired) electrons. The van der Waals surface area contributed by atoms with Crippen LogP contribution < -0.4 is 0 Å². The lowest BCUT2D eigenvalue weighted by Gasteiger charge is -2.15. The first-order chi connectivity index (χ1) is 9.70. The van der Waals surface area contributed by atoms with Gasteiger partial charge in [-0.2, -0.15) is 13.2 Å². The molecule has 0 saturated heterocycles. The Kier molecular flexibility index (Phi) is 4.39. The van der Waals surface area contributed by atoms with Gasteiger partial charge in [0.25, 0.3) is 0 Å². The van der Waals surface area contributed by atoms with Gasteiger partial charge in [-0.15, -0.1) is 0 Å². The number of rotatable bonds is 2. The van der Waals surface area contributed by atoms with Crippen molar-refractivity contribution in [3.63, 3.8) is 0 Å². The molecule has 0 aliphatic heterocycles. The van der Waals surface area contributed by atoms with Gasteiger partial charge in [0, 0.05) is 4.47 Å². The van der Waals surface area contributed by atoms with Gasteiger partial charge in [-0.25, -0.2) is 4.39 Å². The molecule has 1 unspecified atom stereocenters. The van der Waals surface area contributed by atoms with Gasteiger partial charge in [-0.05, 0) is 41.8 Å². The third-order valence-corrected chi connectivity index (χ3v) is 3.98. The lowest BCUT2D eigenvalue weighted by molar-refractivity contribution is -0.140. The van der Waals surface area contributed by atoms with Crippen LogP contribution in [0.3, 0.4) is 0 Å². The van der Waals surface area contributed by atoms with Crippen molar-refractivity contribution in [3.05, 3.63) is 68.9 Å². The Morgan fingerprint density at radius 3 is 2.14 bits per heavy atom. The summed E-state index contributed by atoms with van der Waals surface area (Å²) in [4.78, 5) is 0. The molecule has 0 heterocycles. The van der Waals surface area contributed by atoms with Crippen LogP contribution in [-0.2, 0) is 6.18 Å². The van der Waals surface area contributed by atoms with E-state index < -0.39 is 23.7 Å². The summed E-state index contributed by atoms with van der Waals surface area (Å²) in [6, 6.07) is 7.46. The Labute approximate surface area is 127 Å². The summed E-state index contributed by atoms with van der Waals surface area (Å²) in [5, 5.41) is 10.2. The second-order valence-corrected chi connectivity index (χ2v) is 5.50. The highest BCUT2D eigenvalue weighted by atomic mass is 79.9. The minimum Gasteiger partial charge on any atom is -0.384 e. The lowest BCUT2D eigenvalue weighted by atomic mass is 9.99. The largest absolute Gasteiger partial charge is 0.419 e. The van der Waals surface area contributed by atoms with Crippen LogP contribution in [0.15, 0.2) is 40.9 Å². The van der Waals surface area contributed by atoms with Crippen molar-refractivity contribution >= 4 is 15.9 Å². The molecule has 0 fully saturated rings. The molecule has 0 spiro atoms. The number of aliphatic hydroxyl groups is 1. The smallest absolute Gasteiger partial charge is 0.384 e. The first-order valence-corrected chi connectivity index (χ1v) is 6.80. The molecule has 0 bridgehead atoms. The number of hydrogen-bond acceptors (Lipinski definition) is 1. The maximum absolute atomic E-state index is 13.5. The van der Waals surface area contributed by atoms with E-state index in [1.807, 2.05) is 6.92 Å². The normalized spacial score (nSPS) is 13.3. The molecule has 0 aromatic heterocycles. The standard InChI is InChI=1S/C15H11BrF4O/c1-8-2-3-9(6-12(8)16)14(21)10-4-5-11(13(17)7-10)15(18,19)20/h2-7,14,21H,1H3. The molecular formula is C15H11BrF4O. The summed E-state index contributed by atoms with van der Waals surface area (Å²) in [5.41, 5.74) is 0.135. The molecule has 0 saturated carbocycles. The van der Waals surface area contributed by atoms with E-state index in [2.05, 4.69) is 15.9 Å². The van der Waals surface area contributed by atoms with Crippen LogP contribution in [0.2, 0.25) is 0 Å². The van der Waals surface area contributed by atoms with E-state index in [-0.39, 0.29) is 5.56 Å². The number of hydrogen-bond donors (Lipinski definition) is 1. The van der Waals surface area contributed by atoms with Crippen molar-refractivity contribution in [3.8, 4) is 0 Å². The first kappa shape index (κ1) is 16.0. The monoisotopic (exact) mass is 362 g/mol. The van der Waals surface area contributed by atoms with Crippen LogP contribution in [0.4, 0.5) is 17.6 Å². The van der Waals surface area contributed by atoms with E-state index in [4.69, 9.17) is 0 Å². The second kappa shape index (κ2) is 5.77. The van der Waals surface area contributed by atoms with Crippen molar-refractivity contribution < 1.29 is 22.7 Å². The molecule has 0 aliphatic rings. The van der Waals surface area contributed by atoms with Gasteiger partial charge >= 0.3 is 6.18 Å². The summed E-state index contributed by atoms with van der Waals surface area (Å²) in [7, 11) is 0. The van der Waals surface area contributed by atoms with Gasteiger partial charge in [-0.1, -0.05) is 34.1 Å². The number of aliphatic hydroxyl groups excluding tert-OH is 1. The molecule has 0 amide bonds. The van der Waals surface area contributed by atoms with Gasteiger partial charge < -0.3 is 5.11 Å². The molecule has 2 rings (SSSR count). The van der Waals surface area contributed by atoms with E-state index in [0.29, 0.717) is 17.7 Å². The van der Waals surface area contributed by atoms with E-state index in [1.54, 1.807) is 18.2 Å². The minimum absolute atomic E-state index is 0.0660. The van der Waals surface area contributed by atoms with Crippen LogP contribution in [0.25, 0.3) is 0 Å². The number of aryl methyl sites for hydroxylation is 1. The predicted molar refractivity (Wildman–Crippen MR) is 74.3 cm³/mol. The Morgan fingerprint density at radius 2 is 1.62 bits per heavy atom. The molecule has 1 N–H and O–H groups in total. The Bertz CT molecular complexity index is 667. The van der Waals surface area contributed by atoms with Gasteiger partial charge in [0.1, 0.15) is 11.9 Å². The SMILES string of the molecule is Cc1ccc(C(O)c2ccc(C(F)(F)F)c(F)c2)cc1Br. The quantitative estimate of drug-likeness (QED) is 0.745. The minimum atomic E-state index is -4.75. The Hall–Kier alpha value is -1.40. The molecular weight excluding hydrogens is 352 g/mol. The molecule has 6 heteroatoms. The fourth-order valence-electron chi connectivity index (χ4n) is 1.90. The van der Waals surface area contributed by atoms with Crippen molar-refractivity contribution in [1.29, 1.82) is 0 Å². The Morgan fingerprint density at radius 1 is 1.05 bits per heavy atom. The molecule has 21 heavy (non-hydrogen) atoms. The summed E-state index contributed by atoms with van der Waals surface area (Å²) in [5.74, 6) is -1.40. The number of alkyl halides is 3. The summed E-state index contributed by atoms with van der Waals surface area (Å²) in [6.45, 7) is 1.86. The maximum Gasteiger partial charge on any atom is 0.419 e. The highest BCUT2D eigenvalue weighted by Crippen LogP contribution is 2.33.